The van der Waals surface area contributed by atoms with Crippen LogP contribution in [0, 0.1) is 17.8 Å². The van der Waals surface area contributed by atoms with Crippen LogP contribution in [0.25, 0.3) is 0 Å². The SMILES string of the molecule is CCCCCCC1CC(C)CCC1CNC(C)(C)C. The van der Waals surface area contributed by atoms with Crippen molar-refractivity contribution in [2.75, 3.05) is 6.54 Å². The normalized spacial score (nSPS) is 28.6. The number of hydrogen-bond donors (Lipinski definition) is 1. The van der Waals surface area contributed by atoms with Gasteiger partial charge < -0.3 is 5.32 Å². The Morgan fingerprint density at radius 1 is 1.00 bits per heavy atom. The highest BCUT2D eigenvalue weighted by atomic mass is 14.9. The quantitative estimate of drug-likeness (QED) is 0.609. The van der Waals surface area contributed by atoms with Gasteiger partial charge in [0.05, 0.1) is 0 Å². The molecule has 0 aliphatic heterocycles. The summed E-state index contributed by atoms with van der Waals surface area (Å²) in [5, 5.41) is 3.74. The van der Waals surface area contributed by atoms with Crippen LogP contribution in [0.3, 0.4) is 0 Å². The first-order chi connectivity index (χ1) is 8.92. The summed E-state index contributed by atoms with van der Waals surface area (Å²) < 4.78 is 0. The van der Waals surface area contributed by atoms with Crippen molar-refractivity contribution in [3.63, 3.8) is 0 Å². The molecule has 0 aromatic carbocycles. The minimum Gasteiger partial charge on any atom is -0.312 e. The maximum atomic E-state index is 3.74. The number of rotatable bonds is 7. The second-order valence-electron chi connectivity index (χ2n) is 7.92. The summed E-state index contributed by atoms with van der Waals surface area (Å²) in [5.41, 5.74) is 0.274. The molecule has 3 unspecified atom stereocenters. The van der Waals surface area contributed by atoms with Gasteiger partial charge in [0.15, 0.2) is 0 Å². The fourth-order valence-electron chi connectivity index (χ4n) is 3.45. The van der Waals surface area contributed by atoms with E-state index in [0.29, 0.717) is 0 Å². The highest BCUT2D eigenvalue weighted by Gasteiger charge is 2.28. The lowest BCUT2D eigenvalue weighted by atomic mass is 9.72. The van der Waals surface area contributed by atoms with Gasteiger partial charge >= 0.3 is 0 Å². The largest absolute Gasteiger partial charge is 0.312 e. The molecule has 1 nitrogen and oxygen atoms in total. The Morgan fingerprint density at radius 2 is 1.74 bits per heavy atom. The Hall–Kier alpha value is -0.0400. The standard InChI is InChI=1S/C18H37N/c1-6-7-8-9-10-16-13-15(2)11-12-17(16)14-19-18(3,4)5/h15-17,19H,6-14H2,1-5H3. The lowest BCUT2D eigenvalue weighted by molar-refractivity contribution is 0.162. The second kappa shape index (κ2) is 8.29. The Labute approximate surface area is 121 Å². The molecule has 1 N–H and O–H groups in total. The van der Waals surface area contributed by atoms with Gasteiger partial charge in [0, 0.05) is 5.54 Å². The zero-order valence-electron chi connectivity index (χ0n) is 14.1. The zero-order valence-corrected chi connectivity index (χ0v) is 14.1. The Kier molecular flexibility index (Phi) is 7.42. The molecule has 0 saturated heterocycles. The highest BCUT2D eigenvalue weighted by Crippen LogP contribution is 2.36. The molecule has 0 aromatic heterocycles. The summed E-state index contributed by atoms with van der Waals surface area (Å²) in [6, 6.07) is 0. The van der Waals surface area contributed by atoms with E-state index in [1.165, 1.54) is 57.9 Å². The van der Waals surface area contributed by atoms with Gasteiger partial charge in [-0.1, -0.05) is 52.4 Å². The van der Waals surface area contributed by atoms with Crippen molar-refractivity contribution in [2.24, 2.45) is 17.8 Å². The molecule has 0 aromatic rings. The van der Waals surface area contributed by atoms with Crippen molar-refractivity contribution in [3.05, 3.63) is 0 Å². The van der Waals surface area contributed by atoms with Gasteiger partial charge in [0.25, 0.3) is 0 Å². The van der Waals surface area contributed by atoms with Gasteiger partial charge in [0.1, 0.15) is 0 Å². The molecule has 1 aliphatic carbocycles. The summed E-state index contributed by atoms with van der Waals surface area (Å²) in [5.74, 6) is 2.87. The molecule has 0 radical (unpaired) electrons. The third kappa shape index (κ3) is 7.34. The van der Waals surface area contributed by atoms with Crippen LogP contribution >= 0.6 is 0 Å². The highest BCUT2D eigenvalue weighted by molar-refractivity contribution is 4.82. The summed E-state index contributed by atoms with van der Waals surface area (Å²) in [6.07, 6.45) is 11.5. The molecule has 114 valence electrons. The first-order valence-corrected chi connectivity index (χ1v) is 8.67. The lowest BCUT2D eigenvalue weighted by Gasteiger charge is -2.37. The molecule has 1 aliphatic rings. The van der Waals surface area contributed by atoms with Crippen LogP contribution in [0.4, 0.5) is 0 Å². The molecule has 1 fully saturated rings. The molecule has 0 heterocycles. The van der Waals surface area contributed by atoms with E-state index < -0.39 is 0 Å². The molecular weight excluding hydrogens is 230 g/mol. The second-order valence-corrected chi connectivity index (χ2v) is 7.92. The fourth-order valence-corrected chi connectivity index (χ4v) is 3.45. The smallest absolute Gasteiger partial charge is 0.00966 e. The van der Waals surface area contributed by atoms with Gasteiger partial charge in [-0.05, 0) is 57.9 Å². The average molecular weight is 268 g/mol. The number of nitrogens with one attached hydrogen (secondary N) is 1. The summed E-state index contributed by atoms with van der Waals surface area (Å²) >= 11 is 0. The van der Waals surface area contributed by atoms with Gasteiger partial charge in [-0.15, -0.1) is 0 Å². The molecule has 0 spiro atoms. The minimum atomic E-state index is 0.274. The predicted molar refractivity (Wildman–Crippen MR) is 86.5 cm³/mol. The van der Waals surface area contributed by atoms with E-state index >= 15 is 0 Å². The fraction of sp³-hybridized carbons (Fsp3) is 1.00. The van der Waals surface area contributed by atoms with Crippen LogP contribution in [0.2, 0.25) is 0 Å². The first kappa shape index (κ1) is 17.0. The van der Waals surface area contributed by atoms with Gasteiger partial charge in [-0.3, -0.25) is 0 Å². The van der Waals surface area contributed by atoms with E-state index in [9.17, 15) is 0 Å². The first-order valence-electron chi connectivity index (χ1n) is 8.67. The van der Waals surface area contributed by atoms with Gasteiger partial charge in [-0.25, -0.2) is 0 Å². The van der Waals surface area contributed by atoms with Gasteiger partial charge in [-0.2, -0.15) is 0 Å². The van der Waals surface area contributed by atoms with Crippen LogP contribution in [0.1, 0.15) is 86.0 Å². The lowest BCUT2D eigenvalue weighted by Crippen LogP contribution is -2.42. The van der Waals surface area contributed by atoms with Crippen molar-refractivity contribution in [2.45, 2.75) is 91.5 Å². The monoisotopic (exact) mass is 267 g/mol. The van der Waals surface area contributed by atoms with E-state index in [4.69, 9.17) is 0 Å². The summed E-state index contributed by atoms with van der Waals surface area (Å²) in [4.78, 5) is 0. The summed E-state index contributed by atoms with van der Waals surface area (Å²) in [6.45, 7) is 12.8. The topological polar surface area (TPSA) is 12.0 Å². The molecule has 0 bridgehead atoms. The molecular formula is C18H37N. The van der Waals surface area contributed by atoms with Crippen LogP contribution < -0.4 is 5.32 Å². The van der Waals surface area contributed by atoms with E-state index in [1.54, 1.807) is 0 Å². The number of hydrogen-bond acceptors (Lipinski definition) is 1. The Balaban J connectivity index is 2.36. The van der Waals surface area contributed by atoms with Crippen molar-refractivity contribution in [3.8, 4) is 0 Å². The molecule has 1 heteroatoms. The summed E-state index contributed by atoms with van der Waals surface area (Å²) in [7, 11) is 0. The van der Waals surface area contributed by atoms with E-state index in [0.717, 1.165) is 17.8 Å². The molecule has 19 heavy (non-hydrogen) atoms. The van der Waals surface area contributed by atoms with Gasteiger partial charge in [0.2, 0.25) is 0 Å². The average Bonchev–Trinajstić information content (AvgIpc) is 2.32. The van der Waals surface area contributed by atoms with E-state index in [2.05, 4.69) is 39.9 Å². The Morgan fingerprint density at radius 3 is 2.37 bits per heavy atom. The maximum Gasteiger partial charge on any atom is 0.00966 e. The van der Waals surface area contributed by atoms with Crippen LogP contribution in [-0.2, 0) is 0 Å². The Bertz CT molecular complexity index is 228. The molecule has 0 amide bonds. The van der Waals surface area contributed by atoms with Crippen LogP contribution in [0.15, 0.2) is 0 Å². The van der Waals surface area contributed by atoms with E-state index in [1.807, 2.05) is 0 Å². The van der Waals surface area contributed by atoms with Crippen LogP contribution in [0.5, 0.6) is 0 Å². The van der Waals surface area contributed by atoms with Crippen molar-refractivity contribution < 1.29 is 0 Å². The third-order valence-corrected chi connectivity index (χ3v) is 4.73. The number of unbranched alkanes of at least 4 members (excludes halogenated alkanes) is 3. The minimum absolute atomic E-state index is 0.274. The van der Waals surface area contributed by atoms with Crippen molar-refractivity contribution in [1.82, 2.24) is 5.32 Å². The van der Waals surface area contributed by atoms with Crippen LogP contribution in [-0.4, -0.2) is 12.1 Å². The zero-order chi connectivity index (χ0) is 14.3. The molecule has 1 saturated carbocycles. The molecule has 1 rings (SSSR count). The van der Waals surface area contributed by atoms with Crippen molar-refractivity contribution in [1.29, 1.82) is 0 Å². The molecule has 3 atom stereocenters. The predicted octanol–water partition coefficient (Wildman–Crippen LogP) is 5.40. The third-order valence-electron chi connectivity index (χ3n) is 4.73. The maximum absolute atomic E-state index is 3.74. The van der Waals surface area contributed by atoms with Crippen molar-refractivity contribution >= 4 is 0 Å². The van der Waals surface area contributed by atoms with E-state index in [-0.39, 0.29) is 5.54 Å².